The highest BCUT2D eigenvalue weighted by atomic mass is 19.4. The SMILES string of the molecule is O=C(O)c1cnc(Nc2ccccc2C(F)(F)F)[nH]c1=O. The maximum absolute atomic E-state index is 12.8. The van der Waals surface area contributed by atoms with Crippen molar-refractivity contribution in [3.63, 3.8) is 0 Å². The molecule has 0 fully saturated rings. The molecule has 0 bridgehead atoms. The molecule has 0 aliphatic heterocycles. The molecule has 21 heavy (non-hydrogen) atoms. The Labute approximate surface area is 115 Å². The number of carboxylic acids is 1. The Morgan fingerprint density at radius 2 is 1.95 bits per heavy atom. The van der Waals surface area contributed by atoms with Gasteiger partial charge in [0.2, 0.25) is 5.95 Å². The largest absolute Gasteiger partial charge is 0.477 e. The number of benzene rings is 1. The number of alkyl halides is 3. The zero-order valence-electron chi connectivity index (χ0n) is 10.2. The zero-order chi connectivity index (χ0) is 15.6. The van der Waals surface area contributed by atoms with Crippen LogP contribution in [0.15, 0.2) is 35.3 Å². The molecule has 2 rings (SSSR count). The van der Waals surface area contributed by atoms with Crippen LogP contribution in [0.1, 0.15) is 15.9 Å². The number of halogens is 3. The molecule has 1 heterocycles. The predicted octanol–water partition coefficient (Wildman–Crippen LogP) is 2.23. The molecule has 1 aromatic heterocycles. The van der Waals surface area contributed by atoms with Gasteiger partial charge in [-0.15, -0.1) is 0 Å². The second-order valence-electron chi connectivity index (χ2n) is 3.95. The molecular formula is C12H8F3N3O3. The number of H-pyrrole nitrogens is 1. The van der Waals surface area contributed by atoms with Gasteiger partial charge in [-0.2, -0.15) is 13.2 Å². The van der Waals surface area contributed by atoms with Crippen LogP contribution in [0.5, 0.6) is 0 Å². The van der Waals surface area contributed by atoms with Crippen LogP contribution in [0.25, 0.3) is 0 Å². The van der Waals surface area contributed by atoms with Crippen molar-refractivity contribution in [3.8, 4) is 0 Å². The molecule has 0 aliphatic rings. The van der Waals surface area contributed by atoms with E-state index in [9.17, 15) is 22.8 Å². The van der Waals surface area contributed by atoms with E-state index in [0.29, 0.717) is 0 Å². The Morgan fingerprint density at radius 1 is 1.29 bits per heavy atom. The van der Waals surface area contributed by atoms with E-state index in [2.05, 4.69) is 15.3 Å². The first-order valence-corrected chi connectivity index (χ1v) is 5.55. The van der Waals surface area contributed by atoms with Gasteiger partial charge >= 0.3 is 12.1 Å². The quantitative estimate of drug-likeness (QED) is 0.808. The summed E-state index contributed by atoms with van der Waals surface area (Å²) in [5, 5.41) is 11.0. The normalized spacial score (nSPS) is 11.2. The van der Waals surface area contributed by atoms with Crippen LogP contribution in [0.4, 0.5) is 24.8 Å². The lowest BCUT2D eigenvalue weighted by Gasteiger charge is -2.13. The summed E-state index contributed by atoms with van der Waals surface area (Å²) >= 11 is 0. The lowest BCUT2D eigenvalue weighted by atomic mass is 10.1. The Kier molecular flexibility index (Phi) is 3.66. The van der Waals surface area contributed by atoms with E-state index >= 15 is 0 Å². The van der Waals surface area contributed by atoms with Crippen molar-refractivity contribution in [2.75, 3.05) is 5.32 Å². The van der Waals surface area contributed by atoms with Crippen molar-refractivity contribution >= 4 is 17.6 Å². The second kappa shape index (κ2) is 5.27. The molecule has 9 heteroatoms. The van der Waals surface area contributed by atoms with Gasteiger partial charge in [0.25, 0.3) is 5.56 Å². The Morgan fingerprint density at radius 3 is 2.52 bits per heavy atom. The summed E-state index contributed by atoms with van der Waals surface area (Å²) in [6, 6.07) is 4.62. The smallest absolute Gasteiger partial charge is 0.418 e. The first-order valence-electron chi connectivity index (χ1n) is 5.55. The highest BCUT2D eigenvalue weighted by Gasteiger charge is 2.33. The van der Waals surface area contributed by atoms with Crippen LogP contribution in [-0.2, 0) is 6.18 Å². The average Bonchev–Trinajstić information content (AvgIpc) is 2.37. The van der Waals surface area contributed by atoms with Gasteiger partial charge in [0.1, 0.15) is 5.56 Å². The first kappa shape index (κ1) is 14.6. The third-order valence-electron chi connectivity index (χ3n) is 2.52. The number of carbonyl (C=O) groups is 1. The third-order valence-corrected chi connectivity index (χ3v) is 2.52. The molecule has 0 saturated heterocycles. The summed E-state index contributed by atoms with van der Waals surface area (Å²) in [5.74, 6) is -1.77. The molecule has 110 valence electrons. The molecule has 0 atom stereocenters. The molecule has 6 nitrogen and oxygen atoms in total. The molecule has 1 aromatic carbocycles. The number of aromatic nitrogens is 2. The summed E-state index contributed by atoms with van der Waals surface area (Å²) in [6.07, 6.45) is -3.81. The van der Waals surface area contributed by atoms with Crippen molar-refractivity contribution in [2.24, 2.45) is 0 Å². The first-order chi connectivity index (χ1) is 9.79. The van der Waals surface area contributed by atoms with Crippen LogP contribution in [0.3, 0.4) is 0 Å². The summed E-state index contributed by atoms with van der Waals surface area (Å²) in [5.41, 5.74) is -2.82. The molecule has 0 unspecified atom stereocenters. The fourth-order valence-electron chi connectivity index (χ4n) is 1.58. The van der Waals surface area contributed by atoms with Crippen molar-refractivity contribution in [1.29, 1.82) is 0 Å². The van der Waals surface area contributed by atoms with Gasteiger partial charge < -0.3 is 10.4 Å². The molecule has 0 amide bonds. The lowest BCUT2D eigenvalue weighted by molar-refractivity contribution is -0.136. The van der Waals surface area contributed by atoms with E-state index in [0.717, 1.165) is 18.3 Å². The van der Waals surface area contributed by atoms with Gasteiger partial charge in [-0.05, 0) is 12.1 Å². The Hall–Kier alpha value is -2.84. The standard InChI is InChI=1S/C12H8F3N3O3/c13-12(14,15)7-3-1-2-4-8(7)17-11-16-5-6(10(20)21)9(19)18-11/h1-5H,(H,20,21)(H2,16,17,18,19). The number of aromatic carboxylic acids is 1. The van der Waals surface area contributed by atoms with E-state index in [1.54, 1.807) is 0 Å². The maximum Gasteiger partial charge on any atom is 0.418 e. The van der Waals surface area contributed by atoms with Crippen LogP contribution in [-0.4, -0.2) is 21.0 Å². The number of nitrogens with one attached hydrogen (secondary N) is 2. The molecule has 0 aliphatic carbocycles. The van der Waals surface area contributed by atoms with E-state index in [-0.39, 0.29) is 11.6 Å². The molecule has 2 aromatic rings. The van der Waals surface area contributed by atoms with Gasteiger partial charge in [0.15, 0.2) is 0 Å². The molecular weight excluding hydrogens is 291 g/mol. The van der Waals surface area contributed by atoms with E-state index in [1.807, 2.05) is 0 Å². The van der Waals surface area contributed by atoms with E-state index in [1.165, 1.54) is 12.1 Å². The number of carboxylic acid groups (broad SMARTS) is 1. The van der Waals surface area contributed by atoms with Gasteiger partial charge in [0.05, 0.1) is 17.4 Å². The fourth-order valence-corrected chi connectivity index (χ4v) is 1.58. The average molecular weight is 299 g/mol. The lowest BCUT2D eigenvalue weighted by Crippen LogP contribution is -2.19. The molecule has 0 spiro atoms. The Balaban J connectivity index is 2.38. The van der Waals surface area contributed by atoms with Gasteiger partial charge in [0, 0.05) is 0 Å². The van der Waals surface area contributed by atoms with Gasteiger partial charge in [-0.3, -0.25) is 9.78 Å². The summed E-state index contributed by atoms with van der Waals surface area (Å²) in [4.78, 5) is 27.7. The summed E-state index contributed by atoms with van der Waals surface area (Å²) in [6.45, 7) is 0. The summed E-state index contributed by atoms with van der Waals surface area (Å²) in [7, 11) is 0. The Bertz CT molecular complexity index is 740. The number of rotatable bonds is 3. The highest BCUT2D eigenvalue weighted by molar-refractivity contribution is 5.86. The maximum atomic E-state index is 12.8. The number of para-hydroxylation sites is 1. The van der Waals surface area contributed by atoms with Crippen LogP contribution in [0.2, 0.25) is 0 Å². The van der Waals surface area contributed by atoms with E-state index < -0.39 is 28.8 Å². The summed E-state index contributed by atoms with van der Waals surface area (Å²) < 4.78 is 38.4. The molecule has 0 radical (unpaired) electrons. The minimum Gasteiger partial charge on any atom is -0.477 e. The molecule has 0 saturated carbocycles. The minimum atomic E-state index is -4.58. The van der Waals surface area contributed by atoms with E-state index in [4.69, 9.17) is 5.11 Å². The number of aromatic amines is 1. The second-order valence-corrected chi connectivity index (χ2v) is 3.95. The minimum absolute atomic E-state index is 0.290. The zero-order valence-corrected chi connectivity index (χ0v) is 10.2. The van der Waals surface area contributed by atoms with Crippen LogP contribution in [0, 0.1) is 0 Å². The number of anilines is 2. The number of hydrogen-bond donors (Lipinski definition) is 3. The van der Waals surface area contributed by atoms with Gasteiger partial charge in [-0.25, -0.2) is 9.78 Å². The van der Waals surface area contributed by atoms with Crippen molar-refractivity contribution < 1.29 is 23.1 Å². The van der Waals surface area contributed by atoms with Crippen LogP contribution >= 0.6 is 0 Å². The van der Waals surface area contributed by atoms with Crippen molar-refractivity contribution in [1.82, 2.24) is 9.97 Å². The fraction of sp³-hybridized carbons (Fsp3) is 0.0833. The monoisotopic (exact) mass is 299 g/mol. The predicted molar refractivity (Wildman–Crippen MR) is 66.5 cm³/mol. The van der Waals surface area contributed by atoms with Crippen molar-refractivity contribution in [3.05, 3.63) is 51.9 Å². The molecule has 3 N–H and O–H groups in total. The number of hydrogen-bond acceptors (Lipinski definition) is 4. The third kappa shape index (κ3) is 3.19. The van der Waals surface area contributed by atoms with Crippen LogP contribution < -0.4 is 10.9 Å². The number of nitrogens with zero attached hydrogens (tertiary/aromatic N) is 1. The van der Waals surface area contributed by atoms with Crippen molar-refractivity contribution in [2.45, 2.75) is 6.18 Å². The van der Waals surface area contributed by atoms with Gasteiger partial charge in [-0.1, -0.05) is 12.1 Å². The highest BCUT2D eigenvalue weighted by Crippen LogP contribution is 2.35. The topological polar surface area (TPSA) is 95.1 Å².